The van der Waals surface area contributed by atoms with Crippen molar-refractivity contribution in [2.45, 2.75) is 69.9 Å². The lowest BCUT2D eigenvalue weighted by Crippen LogP contribution is -2.72. The molecule has 8 atom stereocenters. The molecule has 138 valence electrons. The van der Waals surface area contributed by atoms with Crippen LogP contribution < -0.4 is 0 Å². The van der Waals surface area contributed by atoms with Crippen LogP contribution in [0.3, 0.4) is 0 Å². The van der Waals surface area contributed by atoms with Crippen molar-refractivity contribution in [2.75, 3.05) is 0 Å². The predicted molar refractivity (Wildman–Crippen MR) is 89.1 cm³/mol. The average Bonchev–Trinajstić information content (AvgIpc) is 3.03. The zero-order valence-electron chi connectivity index (χ0n) is 14.8. The Morgan fingerprint density at radius 2 is 2.00 bits per heavy atom. The quantitative estimate of drug-likeness (QED) is 0.769. The maximum absolute atomic E-state index is 11.5. The highest BCUT2D eigenvalue weighted by Crippen LogP contribution is 2.63. The number of fused-ring (bicyclic) bond motifs is 2. The SMILES string of the molecule is CC1C2CC[C@@H](C)C3CC[C@@]4(C)OO[C@@]23C(OC1(O)c1nccs1)O4. The molecule has 6 nitrogen and oxygen atoms in total. The van der Waals surface area contributed by atoms with E-state index in [9.17, 15) is 5.11 Å². The zero-order chi connectivity index (χ0) is 17.4. The summed E-state index contributed by atoms with van der Waals surface area (Å²) in [5.74, 6) is -1.56. The summed E-state index contributed by atoms with van der Waals surface area (Å²) < 4.78 is 12.5. The molecule has 7 heteroatoms. The van der Waals surface area contributed by atoms with Gasteiger partial charge in [-0.25, -0.2) is 14.8 Å². The van der Waals surface area contributed by atoms with Crippen LogP contribution in [0.5, 0.6) is 0 Å². The Balaban J connectivity index is 1.64. The minimum Gasteiger partial charge on any atom is -0.360 e. The van der Waals surface area contributed by atoms with Crippen molar-refractivity contribution in [3.63, 3.8) is 0 Å². The molecule has 5 heterocycles. The third-order valence-corrected chi connectivity index (χ3v) is 7.90. The van der Waals surface area contributed by atoms with Gasteiger partial charge in [0.2, 0.25) is 11.6 Å². The molecule has 1 aromatic heterocycles. The Hall–Kier alpha value is -0.570. The first kappa shape index (κ1) is 16.6. The Morgan fingerprint density at radius 3 is 2.76 bits per heavy atom. The van der Waals surface area contributed by atoms with Gasteiger partial charge < -0.3 is 14.6 Å². The molecule has 0 radical (unpaired) electrons. The fourth-order valence-corrected chi connectivity index (χ4v) is 6.35. The van der Waals surface area contributed by atoms with Gasteiger partial charge in [0.05, 0.1) is 0 Å². The number of thiazole rings is 1. The molecule has 5 aliphatic rings. The molecule has 6 rings (SSSR count). The minimum absolute atomic E-state index is 0.0870. The lowest BCUT2D eigenvalue weighted by molar-refractivity contribution is -0.587. The first-order chi connectivity index (χ1) is 11.9. The van der Waals surface area contributed by atoms with E-state index in [1.807, 2.05) is 19.2 Å². The van der Waals surface area contributed by atoms with E-state index in [1.54, 1.807) is 6.20 Å². The van der Waals surface area contributed by atoms with Crippen molar-refractivity contribution in [2.24, 2.45) is 23.7 Å². The molecule has 25 heavy (non-hydrogen) atoms. The molecule has 1 spiro atoms. The van der Waals surface area contributed by atoms with E-state index < -0.39 is 23.5 Å². The first-order valence-corrected chi connectivity index (χ1v) is 10.1. The molecular formula is C18H25NO5S. The first-order valence-electron chi connectivity index (χ1n) is 9.24. The summed E-state index contributed by atoms with van der Waals surface area (Å²) in [6.07, 6.45) is 4.86. The third kappa shape index (κ3) is 2.05. The van der Waals surface area contributed by atoms with Gasteiger partial charge in [0.1, 0.15) is 0 Å². The monoisotopic (exact) mass is 367 g/mol. The second-order valence-corrected chi connectivity index (χ2v) is 9.24. The highest BCUT2D eigenvalue weighted by Gasteiger charge is 2.72. The number of aromatic nitrogens is 1. The van der Waals surface area contributed by atoms with Crippen molar-refractivity contribution < 1.29 is 24.4 Å². The summed E-state index contributed by atoms with van der Waals surface area (Å²) in [4.78, 5) is 16.2. The highest BCUT2D eigenvalue weighted by molar-refractivity contribution is 7.09. The normalized spacial score (nSPS) is 54.8. The predicted octanol–water partition coefficient (Wildman–Crippen LogP) is 3.17. The summed E-state index contributed by atoms with van der Waals surface area (Å²) in [6.45, 7) is 6.20. The van der Waals surface area contributed by atoms with E-state index in [1.165, 1.54) is 11.3 Å². The van der Waals surface area contributed by atoms with Crippen LogP contribution in [0.4, 0.5) is 0 Å². The van der Waals surface area contributed by atoms with E-state index in [-0.39, 0.29) is 11.8 Å². The average molecular weight is 367 g/mol. The van der Waals surface area contributed by atoms with Crippen molar-refractivity contribution >= 4 is 11.3 Å². The molecule has 1 saturated carbocycles. The van der Waals surface area contributed by atoms with Gasteiger partial charge in [-0.2, -0.15) is 0 Å². The maximum Gasteiger partial charge on any atom is 0.225 e. The van der Waals surface area contributed by atoms with Crippen LogP contribution in [0.15, 0.2) is 11.6 Å². The molecular weight excluding hydrogens is 342 g/mol. The molecule has 5 unspecified atom stereocenters. The Labute approximate surface area is 151 Å². The molecule has 0 aromatic carbocycles. The van der Waals surface area contributed by atoms with Crippen LogP contribution in [0.2, 0.25) is 0 Å². The van der Waals surface area contributed by atoms with E-state index in [2.05, 4.69) is 11.9 Å². The van der Waals surface area contributed by atoms with E-state index in [0.29, 0.717) is 16.8 Å². The maximum atomic E-state index is 11.5. The van der Waals surface area contributed by atoms with Crippen LogP contribution in [0, 0.1) is 23.7 Å². The van der Waals surface area contributed by atoms with Gasteiger partial charge in [-0.3, -0.25) is 0 Å². The lowest BCUT2D eigenvalue weighted by Gasteiger charge is -2.61. The number of aliphatic hydroxyl groups is 1. The van der Waals surface area contributed by atoms with Crippen LogP contribution >= 0.6 is 11.3 Å². The lowest BCUT2D eigenvalue weighted by atomic mass is 9.57. The Kier molecular flexibility index (Phi) is 3.48. The molecule has 4 aliphatic heterocycles. The topological polar surface area (TPSA) is 70.0 Å². The Bertz CT molecular complexity index is 670. The summed E-state index contributed by atoms with van der Waals surface area (Å²) in [7, 11) is 0. The fraction of sp³-hybridized carbons (Fsp3) is 0.833. The second-order valence-electron chi connectivity index (χ2n) is 8.35. The fourth-order valence-electron chi connectivity index (χ4n) is 5.57. The third-order valence-electron chi connectivity index (χ3n) is 7.02. The van der Waals surface area contributed by atoms with E-state index in [4.69, 9.17) is 19.2 Å². The van der Waals surface area contributed by atoms with Gasteiger partial charge in [0.15, 0.2) is 16.9 Å². The number of ether oxygens (including phenoxy) is 2. The molecule has 5 fully saturated rings. The van der Waals surface area contributed by atoms with Crippen LogP contribution in [0.1, 0.15) is 51.5 Å². The molecule has 4 saturated heterocycles. The van der Waals surface area contributed by atoms with Gasteiger partial charge >= 0.3 is 0 Å². The molecule has 0 amide bonds. The van der Waals surface area contributed by atoms with Gasteiger partial charge in [-0.05, 0) is 38.0 Å². The molecule has 1 aliphatic carbocycles. The zero-order valence-corrected chi connectivity index (χ0v) is 15.6. The number of nitrogens with zero attached hydrogens (tertiary/aromatic N) is 1. The number of hydrogen-bond donors (Lipinski definition) is 1. The summed E-state index contributed by atoms with van der Waals surface area (Å²) >= 11 is 1.41. The van der Waals surface area contributed by atoms with Crippen LogP contribution in [-0.2, 0) is 25.0 Å². The minimum atomic E-state index is -1.45. The number of hydrogen-bond acceptors (Lipinski definition) is 7. The van der Waals surface area contributed by atoms with Gasteiger partial charge in [0.25, 0.3) is 0 Å². The summed E-state index contributed by atoms with van der Waals surface area (Å²) in [6, 6.07) is 0. The second kappa shape index (κ2) is 5.24. The van der Waals surface area contributed by atoms with Crippen molar-refractivity contribution in [1.82, 2.24) is 4.98 Å². The summed E-state index contributed by atoms with van der Waals surface area (Å²) in [5, 5.41) is 13.9. The molecule has 1 aromatic rings. The van der Waals surface area contributed by atoms with Crippen molar-refractivity contribution in [3.05, 3.63) is 16.6 Å². The standard InChI is InChI=1S/C18H25NO5S/c1-10-4-5-13-11(2)18(20,14-19-8-9-25-14)22-15-17(13)12(10)6-7-16(3,21-15)23-24-17/h8-13,15,20H,4-7H2,1-3H3/t10-,11?,12?,13?,15?,16-,17-,18?/m1/s1. The van der Waals surface area contributed by atoms with Gasteiger partial charge in [0, 0.05) is 29.8 Å². The van der Waals surface area contributed by atoms with Crippen LogP contribution in [-0.4, -0.2) is 27.8 Å². The smallest absolute Gasteiger partial charge is 0.225 e. The van der Waals surface area contributed by atoms with Crippen LogP contribution in [0.25, 0.3) is 0 Å². The van der Waals surface area contributed by atoms with E-state index in [0.717, 1.165) is 25.7 Å². The van der Waals surface area contributed by atoms with Gasteiger partial charge in [-0.15, -0.1) is 11.3 Å². The highest BCUT2D eigenvalue weighted by atomic mass is 32.1. The Morgan fingerprint density at radius 1 is 1.16 bits per heavy atom. The largest absolute Gasteiger partial charge is 0.360 e. The molecule has 1 N–H and O–H groups in total. The van der Waals surface area contributed by atoms with Crippen molar-refractivity contribution in [1.29, 1.82) is 0 Å². The van der Waals surface area contributed by atoms with E-state index >= 15 is 0 Å². The summed E-state index contributed by atoms with van der Waals surface area (Å²) in [5.41, 5.74) is -0.656. The molecule has 2 bridgehead atoms. The number of rotatable bonds is 1. The van der Waals surface area contributed by atoms with Gasteiger partial charge in [-0.1, -0.05) is 13.8 Å². The van der Waals surface area contributed by atoms with Crippen molar-refractivity contribution in [3.8, 4) is 0 Å².